The van der Waals surface area contributed by atoms with Crippen molar-refractivity contribution in [1.82, 2.24) is 7.99 Å². The summed E-state index contributed by atoms with van der Waals surface area (Å²) in [5.74, 6) is -0.0944. The average Bonchev–Trinajstić information content (AvgIpc) is 2.24. The van der Waals surface area contributed by atoms with Crippen LogP contribution < -0.4 is 0 Å². The second kappa shape index (κ2) is 3.88. The van der Waals surface area contributed by atoms with Crippen LogP contribution in [0.5, 0.6) is 0 Å². The van der Waals surface area contributed by atoms with Crippen LogP contribution in [0.15, 0.2) is 0 Å². The van der Waals surface area contributed by atoms with Gasteiger partial charge in [0, 0.05) is 0 Å². The molecular weight excluding hydrogens is 331 g/mol. The zero-order valence-corrected chi connectivity index (χ0v) is 10.3. The molecule has 0 aliphatic rings. The van der Waals surface area contributed by atoms with E-state index < -0.39 is 11.9 Å². The fourth-order valence-electron chi connectivity index (χ4n) is 1.04. The molecule has 1 aromatic heterocycles. The molecule has 0 radical (unpaired) electrons. The third kappa shape index (κ3) is 2.16. The van der Waals surface area contributed by atoms with Crippen LogP contribution in [0.25, 0.3) is 0 Å². The first-order valence-corrected chi connectivity index (χ1v) is 5.11. The molecule has 0 aliphatic carbocycles. The van der Waals surface area contributed by atoms with E-state index in [9.17, 15) is 13.2 Å². The summed E-state index contributed by atoms with van der Waals surface area (Å²) in [6.45, 7) is 3.52. The van der Waals surface area contributed by atoms with Gasteiger partial charge in [-0.2, -0.15) is 18.3 Å². The minimum absolute atomic E-state index is 0.0944. The fraction of sp³-hybridized carbons (Fsp3) is 0.571. The van der Waals surface area contributed by atoms with Gasteiger partial charge in [0.25, 0.3) is 0 Å². The van der Waals surface area contributed by atoms with Gasteiger partial charge in [0.1, 0.15) is 0 Å². The number of hydrogen-bond donors (Lipinski definition) is 0. The Hall–Kier alpha value is 0.0200. The number of hydrogen-bond acceptors (Lipinski definition) is 1. The highest BCUT2D eigenvalue weighted by molar-refractivity contribution is 14.1. The van der Waals surface area contributed by atoms with Crippen molar-refractivity contribution in [3.05, 3.63) is 16.4 Å². The van der Waals surface area contributed by atoms with Crippen LogP contribution in [0.4, 0.5) is 13.2 Å². The molecule has 1 aromatic rings. The van der Waals surface area contributed by atoms with E-state index in [0.29, 0.717) is 5.69 Å². The molecule has 14 heavy (non-hydrogen) atoms. The number of rotatable bonds is 1. The minimum atomic E-state index is -4.49. The highest BCUT2D eigenvalue weighted by Crippen LogP contribution is 2.38. The lowest BCUT2D eigenvalue weighted by Gasteiger charge is -2.04. The molecule has 0 fully saturated rings. The summed E-state index contributed by atoms with van der Waals surface area (Å²) in [5, 5.41) is 3.05. The second-order valence-electron chi connectivity index (χ2n) is 3.06. The summed E-state index contributed by atoms with van der Waals surface area (Å²) >= 11 is 7.28. The van der Waals surface area contributed by atoms with Crippen molar-refractivity contribution in [1.29, 1.82) is 0 Å². The van der Waals surface area contributed by atoms with Gasteiger partial charge in [-0.05, 0) is 5.92 Å². The van der Waals surface area contributed by atoms with E-state index in [1.807, 2.05) is 0 Å². The molecule has 7 heteroatoms. The van der Waals surface area contributed by atoms with E-state index in [0.717, 1.165) is 2.90 Å². The Kier molecular flexibility index (Phi) is 3.35. The van der Waals surface area contributed by atoms with Crippen molar-refractivity contribution < 1.29 is 13.2 Å². The van der Waals surface area contributed by atoms with E-state index in [1.54, 1.807) is 36.7 Å². The highest BCUT2D eigenvalue weighted by Gasteiger charge is 2.39. The van der Waals surface area contributed by atoms with Crippen molar-refractivity contribution in [2.24, 2.45) is 0 Å². The molecule has 0 unspecified atom stereocenters. The molecule has 0 aliphatic heterocycles. The Labute approximate surface area is 97.9 Å². The summed E-state index contributed by atoms with van der Waals surface area (Å²) in [6, 6.07) is 0. The molecule has 0 atom stereocenters. The van der Waals surface area contributed by atoms with Gasteiger partial charge in [-0.15, -0.1) is 0 Å². The lowest BCUT2D eigenvalue weighted by atomic mass is 10.1. The normalized spacial score (nSPS) is 12.6. The summed E-state index contributed by atoms with van der Waals surface area (Å²) in [4.78, 5) is 0. The van der Waals surface area contributed by atoms with E-state index >= 15 is 0 Å². The average molecular weight is 338 g/mol. The number of nitrogens with zero attached hydrogens (tertiary/aromatic N) is 2. The maximum Gasteiger partial charge on any atom is 0.436 e. The third-order valence-corrected chi connectivity index (χ3v) is 2.74. The monoisotopic (exact) mass is 338 g/mol. The summed E-state index contributed by atoms with van der Waals surface area (Å²) in [5.41, 5.74) is -0.628. The first-order valence-electron chi connectivity index (χ1n) is 3.77. The Morgan fingerprint density at radius 3 is 2.14 bits per heavy atom. The Balaban J connectivity index is 3.31. The van der Waals surface area contributed by atoms with E-state index in [1.165, 1.54) is 0 Å². The zero-order chi connectivity index (χ0) is 11.1. The Morgan fingerprint density at radius 1 is 1.43 bits per heavy atom. The second-order valence-corrected chi connectivity index (χ2v) is 4.35. The van der Waals surface area contributed by atoms with Crippen LogP contribution >= 0.6 is 34.5 Å². The van der Waals surface area contributed by atoms with Gasteiger partial charge < -0.3 is 0 Å². The molecule has 0 bridgehead atoms. The van der Waals surface area contributed by atoms with Gasteiger partial charge in [-0.3, -0.25) is 0 Å². The minimum Gasteiger partial charge on any atom is -0.206 e. The van der Waals surface area contributed by atoms with Gasteiger partial charge in [0.05, 0.1) is 33.6 Å². The first kappa shape index (κ1) is 12.1. The lowest BCUT2D eigenvalue weighted by molar-refractivity contribution is -0.141. The molecule has 80 valence electrons. The van der Waals surface area contributed by atoms with Gasteiger partial charge in [0.2, 0.25) is 0 Å². The first-order chi connectivity index (χ1) is 6.25. The van der Waals surface area contributed by atoms with Crippen LogP contribution in [-0.2, 0) is 6.18 Å². The van der Waals surface area contributed by atoms with Crippen LogP contribution in [0, 0.1) is 0 Å². The van der Waals surface area contributed by atoms with E-state index in [-0.39, 0.29) is 10.9 Å². The molecule has 0 N–H and O–H groups in total. The van der Waals surface area contributed by atoms with Crippen LogP contribution in [0.1, 0.15) is 31.2 Å². The standard InChI is InChI=1S/C7H7ClF3IN2/c1-3(2)5-4(8)6(7(9,10)11)13-14(5)12/h3H,1-2H3. The Morgan fingerprint density at radius 2 is 1.93 bits per heavy atom. The molecule has 0 amide bonds. The zero-order valence-electron chi connectivity index (χ0n) is 7.36. The Bertz CT molecular complexity index is 345. The summed E-state index contributed by atoms with van der Waals surface area (Å²) < 4.78 is 38.2. The predicted molar refractivity (Wildman–Crippen MR) is 55.7 cm³/mol. The van der Waals surface area contributed by atoms with Gasteiger partial charge in [0.15, 0.2) is 5.69 Å². The van der Waals surface area contributed by atoms with Crippen LogP contribution in [0.3, 0.4) is 0 Å². The highest BCUT2D eigenvalue weighted by atomic mass is 127. The molecule has 0 aromatic carbocycles. The largest absolute Gasteiger partial charge is 0.436 e. The maximum atomic E-state index is 12.3. The van der Waals surface area contributed by atoms with Crippen LogP contribution in [0.2, 0.25) is 5.02 Å². The molecule has 0 saturated carbocycles. The molecule has 0 spiro atoms. The summed E-state index contributed by atoms with van der Waals surface area (Å²) in [7, 11) is 0. The molecule has 1 rings (SSSR count). The van der Waals surface area contributed by atoms with Crippen molar-refractivity contribution in [3.8, 4) is 0 Å². The van der Waals surface area contributed by atoms with Crippen molar-refractivity contribution in [2.75, 3.05) is 0 Å². The number of aromatic nitrogens is 2. The number of alkyl halides is 3. The van der Waals surface area contributed by atoms with Crippen molar-refractivity contribution in [3.63, 3.8) is 0 Å². The van der Waals surface area contributed by atoms with Gasteiger partial charge in [-0.25, -0.2) is 2.90 Å². The van der Waals surface area contributed by atoms with E-state index in [4.69, 9.17) is 11.6 Å². The topological polar surface area (TPSA) is 17.8 Å². The predicted octanol–water partition coefficient (Wildman–Crippen LogP) is 3.88. The van der Waals surface area contributed by atoms with Crippen molar-refractivity contribution >= 4 is 34.5 Å². The van der Waals surface area contributed by atoms with Gasteiger partial charge >= 0.3 is 6.18 Å². The van der Waals surface area contributed by atoms with Crippen molar-refractivity contribution in [2.45, 2.75) is 25.9 Å². The maximum absolute atomic E-state index is 12.3. The molecular formula is C7H7ClF3IN2. The lowest BCUT2D eigenvalue weighted by Crippen LogP contribution is -2.06. The fourth-order valence-corrected chi connectivity index (χ4v) is 2.64. The molecule has 2 nitrogen and oxygen atoms in total. The smallest absolute Gasteiger partial charge is 0.206 e. The van der Waals surface area contributed by atoms with Gasteiger partial charge in [-0.1, -0.05) is 25.4 Å². The van der Waals surface area contributed by atoms with Crippen LogP contribution in [-0.4, -0.2) is 7.99 Å². The molecule has 1 heterocycles. The summed E-state index contributed by atoms with van der Waals surface area (Å²) in [6.07, 6.45) is -4.49. The SMILES string of the molecule is CC(C)c1c(Cl)c(C(F)(F)F)nn1I. The third-order valence-electron chi connectivity index (χ3n) is 1.63. The molecule has 0 saturated heterocycles. The van der Waals surface area contributed by atoms with E-state index in [2.05, 4.69) is 5.10 Å². The number of halogens is 5. The quantitative estimate of drug-likeness (QED) is 0.711.